The highest BCUT2D eigenvalue weighted by atomic mass is 16.5. The second-order valence-corrected chi connectivity index (χ2v) is 13.5. The second-order valence-electron chi connectivity index (χ2n) is 13.5. The summed E-state index contributed by atoms with van der Waals surface area (Å²) in [6.45, 7) is 14.0. The molecular weight excluding hydrogens is 633 g/mol. The highest BCUT2D eigenvalue weighted by molar-refractivity contribution is 6.11. The predicted molar refractivity (Wildman–Crippen MR) is 207 cm³/mol. The Labute approximate surface area is 294 Å². The van der Waals surface area contributed by atoms with Crippen molar-refractivity contribution in [3.8, 4) is 11.4 Å². The lowest BCUT2D eigenvalue weighted by Crippen LogP contribution is -1.97. The zero-order valence-corrected chi connectivity index (χ0v) is 28.6. The Morgan fingerprint density at radius 2 is 1.04 bits per heavy atom. The van der Waals surface area contributed by atoms with Crippen molar-refractivity contribution in [1.82, 2.24) is 19.1 Å². The van der Waals surface area contributed by atoms with E-state index in [0.717, 1.165) is 99.5 Å². The van der Waals surface area contributed by atoms with Gasteiger partial charge in [0.2, 0.25) is 0 Å². The molecule has 5 aromatic heterocycles. The van der Waals surface area contributed by atoms with Crippen LogP contribution in [0.5, 0.6) is 0 Å². The molecule has 0 atom stereocenters. The van der Waals surface area contributed by atoms with Gasteiger partial charge < -0.3 is 23.0 Å². The summed E-state index contributed by atoms with van der Waals surface area (Å²) in [7, 11) is 0. The first-order chi connectivity index (χ1) is 24.9. The average Bonchev–Trinajstić information content (AvgIpc) is 3.78. The van der Waals surface area contributed by atoms with Gasteiger partial charge in [-0.3, -0.25) is 9.97 Å². The number of nitrogens with zero attached hydrogens (tertiary/aromatic N) is 4. The molecule has 0 amide bonds. The topological polar surface area (TPSA) is 67.2 Å². The van der Waals surface area contributed by atoms with E-state index in [9.17, 15) is 0 Å². The van der Waals surface area contributed by atoms with E-state index in [-0.39, 0.29) is 0 Å². The van der Waals surface area contributed by atoms with Crippen LogP contribution in [0.25, 0.3) is 77.2 Å². The quantitative estimate of drug-likeness (QED) is 0.136. The number of pyridine rings is 2. The van der Waals surface area contributed by atoms with Gasteiger partial charge in [-0.15, -0.1) is 0 Å². The molecular formula is C44H36N4O3. The predicted octanol–water partition coefficient (Wildman–Crippen LogP) is 10.8. The van der Waals surface area contributed by atoms with Crippen LogP contribution < -0.4 is 0 Å². The standard InChI is InChI=1S/C44H36N4O3/c1-27(2)23-49-25-29-9-13-37-35(19-29)43-39(7-5-17-45-43)47(37)31-11-15-41-33(21-31)34-22-32(12-16-42(34)51-41)48-38-14-10-30(26-50-24-28(3)4)20-36(38)44-40(48)8-6-18-46-44/h5-22H,1,3,23-26H2,2,4H3. The number of furan rings is 1. The molecule has 0 fully saturated rings. The van der Waals surface area contributed by atoms with Crippen molar-refractivity contribution in [3.05, 3.63) is 145 Å². The fourth-order valence-electron chi connectivity index (χ4n) is 7.22. The summed E-state index contributed by atoms with van der Waals surface area (Å²) in [5, 5.41) is 4.27. The number of aromatic nitrogens is 4. The Morgan fingerprint density at radius 3 is 1.49 bits per heavy atom. The summed E-state index contributed by atoms with van der Waals surface area (Å²) in [5.41, 5.74) is 14.1. The molecule has 5 heterocycles. The van der Waals surface area contributed by atoms with Gasteiger partial charge in [-0.25, -0.2) is 0 Å². The van der Waals surface area contributed by atoms with Gasteiger partial charge in [0.05, 0.1) is 59.5 Å². The fourth-order valence-corrected chi connectivity index (χ4v) is 7.22. The van der Waals surface area contributed by atoms with Gasteiger partial charge in [-0.05, 0) is 110 Å². The molecule has 9 rings (SSSR count). The van der Waals surface area contributed by atoms with Crippen LogP contribution in [0.15, 0.2) is 138 Å². The molecule has 0 saturated heterocycles. The highest BCUT2D eigenvalue weighted by Gasteiger charge is 2.18. The maximum absolute atomic E-state index is 6.40. The fraction of sp³-hybridized carbons (Fsp3) is 0.136. The van der Waals surface area contributed by atoms with Crippen LogP contribution in [0.3, 0.4) is 0 Å². The number of hydrogen-bond acceptors (Lipinski definition) is 5. The van der Waals surface area contributed by atoms with Crippen molar-refractivity contribution in [3.63, 3.8) is 0 Å². The monoisotopic (exact) mass is 668 g/mol. The number of rotatable bonds is 10. The van der Waals surface area contributed by atoms with E-state index in [1.165, 1.54) is 0 Å². The molecule has 7 heteroatoms. The van der Waals surface area contributed by atoms with E-state index in [2.05, 4.69) is 107 Å². The van der Waals surface area contributed by atoms with E-state index in [1.54, 1.807) is 0 Å². The van der Waals surface area contributed by atoms with Gasteiger partial charge in [0.15, 0.2) is 0 Å². The largest absolute Gasteiger partial charge is 0.456 e. The minimum Gasteiger partial charge on any atom is -0.456 e. The van der Waals surface area contributed by atoms with Crippen molar-refractivity contribution in [1.29, 1.82) is 0 Å². The van der Waals surface area contributed by atoms with Crippen molar-refractivity contribution in [2.24, 2.45) is 0 Å². The Morgan fingerprint density at radius 1 is 0.569 bits per heavy atom. The molecule has 0 spiro atoms. The maximum atomic E-state index is 6.40. The third-order valence-corrected chi connectivity index (χ3v) is 9.36. The van der Waals surface area contributed by atoms with Crippen LogP contribution in [0.1, 0.15) is 25.0 Å². The second kappa shape index (κ2) is 12.4. The summed E-state index contributed by atoms with van der Waals surface area (Å²) >= 11 is 0. The van der Waals surface area contributed by atoms with Crippen LogP contribution in [0, 0.1) is 0 Å². The summed E-state index contributed by atoms with van der Waals surface area (Å²) < 4.78 is 22.7. The third kappa shape index (κ3) is 5.38. The number of ether oxygens (including phenoxy) is 2. The summed E-state index contributed by atoms with van der Waals surface area (Å²) in [6, 6.07) is 34.1. The van der Waals surface area contributed by atoms with Crippen LogP contribution in [0.2, 0.25) is 0 Å². The lowest BCUT2D eigenvalue weighted by atomic mass is 10.1. The lowest BCUT2D eigenvalue weighted by molar-refractivity contribution is 0.143. The van der Waals surface area contributed by atoms with Crippen molar-refractivity contribution < 1.29 is 13.9 Å². The SMILES string of the molecule is C=C(C)COCc1ccc2c(c1)c1ncccc1n2-c1ccc2oc3ccc(-n4c5ccc(COCC(=C)C)cc5c5ncccc54)cc3c2c1. The molecule has 7 nitrogen and oxygen atoms in total. The molecule has 9 aromatic rings. The highest BCUT2D eigenvalue weighted by Crippen LogP contribution is 2.38. The molecule has 4 aromatic carbocycles. The van der Waals surface area contributed by atoms with Crippen LogP contribution in [-0.2, 0) is 22.7 Å². The molecule has 0 aliphatic heterocycles. The van der Waals surface area contributed by atoms with Crippen molar-refractivity contribution >= 4 is 65.8 Å². The normalized spacial score (nSPS) is 12.0. The summed E-state index contributed by atoms with van der Waals surface area (Å²) in [5.74, 6) is 0. The van der Waals surface area contributed by atoms with E-state index >= 15 is 0 Å². The smallest absolute Gasteiger partial charge is 0.135 e. The average molecular weight is 669 g/mol. The first kappa shape index (κ1) is 31.0. The Hall–Kier alpha value is -6.02. The zero-order chi connectivity index (χ0) is 34.6. The molecule has 0 aliphatic carbocycles. The van der Waals surface area contributed by atoms with E-state index in [1.807, 2.05) is 38.4 Å². The molecule has 0 saturated carbocycles. The molecule has 0 radical (unpaired) electrons. The van der Waals surface area contributed by atoms with Gasteiger partial charge in [-0.1, -0.05) is 36.4 Å². The first-order valence-corrected chi connectivity index (χ1v) is 17.1. The molecule has 250 valence electrons. The molecule has 51 heavy (non-hydrogen) atoms. The molecule has 0 N–H and O–H groups in total. The summed E-state index contributed by atoms with van der Waals surface area (Å²) in [4.78, 5) is 9.62. The molecule has 0 unspecified atom stereocenters. The van der Waals surface area contributed by atoms with Gasteiger partial charge in [-0.2, -0.15) is 0 Å². The number of fused-ring (bicyclic) bond motifs is 9. The minimum atomic E-state index is 0.519. The first-order valence-electron chi connectivity index (χ1n) is 17.1. The number of benzene rings is 4. The number of hydrogen-bond donors (Lipinski definition) is 0. The van der Waals surface area contributed by atoms with Crippen molar-refractivity contribution in [2.75, 3.05) is 13.2 Å². The van der Waals surface area contributed by atoms with E-state index < -0.39 is 0 Å². The zero-order valence-electron chi connectivity index (χ0n) is 28.6. The third-order valence-electron chi connectivity index (χ3n) is 9.36. The Balaban J connectivity index is 1.17. The van der Waals surface area contributed by atoms with E-state index in [4.69, 9.17) is 23.9 Å². The Kier molecular flexibility index (Phi) is 7.53. The van der Waals surface area contributed by atoms with Crippen LogP contribution in [0.4, 0.5) is 0 Å². The molecule has 0 aliphatic rings. The van der Waals surface area contributed by atoms with E-state index in [0.29, 0.717) is 26.4 Å². The van der Waals surface area contributed by atoms with Gasteiger partial charge in [0, 0.05) is 45.3 Å². The maximum Gasteiger partial charge on any atom is 0.135 e. The van der Waals surface area contributed by atoms with Crippen molar-refractivity contribution in [2.45, 2.75) is 27.1 Å². The minimum absolute atomic E-state index is 0.519. The molecule has 0 bridgehead atoms. The van der Waals surface area contributed by atoms with Gasteiger partial charge in [0.1, 0.15) is 11.2 Å². The lowest BCUT2D eigenvalue weighted by Gasteiger charge is -2.09. The van der Waals surface area contributed by atoms with Crippen LogP contribution in [-0.4, -0.2) is 32.3 Å². The summed E-state index contributed by atoms with van der Waals surface area (Å²) in [6.07, 6.45) is 3.71. The van der Waals surface area contributed by atoms with Gasteiger partial charge in [0.25, 0.3) is 0 Å². The van der Waals surface area contributed by atoms with Gasteiger partial charge >= 0.3 is 0 Å². The van der Waals surface area contributed by atoms with Crippen LogP contribution >= 0.6 is 0 Å². The Bertz CT molecular complexity index is 2640.